The molecule has 2 aromatic rings. The van der Waals surface area contributed by atoms with E-state index in [4.69, 9.17) is 21.5 Å². The van der Waals surface area contributed by atoms with Crippen molar-refractivity contribution in [1.82, 2.24) is 4.98 Å². The van der Waals surface area contributed by atoms with Crippen LogP contribution in [-0.4, -0.2) is 20.0 Å². The van der Waals surface area contributed by atoms with Gasteiger partial charge in [-0.2, -0.15) is 8.42 Å². The molecule has 0 aliphatic rings. The lowest BCUT2D eigenvalue weighted by Gasteiger charge is -2.05. The topological polar surface area (TPSA) is 82.3 Å². The summed E-state index contributed by atoms with van der Waals surface area (Å²) < 4.78 is 29.3. The number of nitrogens with zero attached hydrogens (tertiary/aromatic N) is 1. The van der Waals surface area contributed by atoms with Crippen molar-refractivity contribution in [3.63, 3.8) is 0 Å². The molecule has 0 aliphatic carbocycles. The summed E-state index contributed by atoms with van der Waals surface area (Å²) in [6.07, 6.45) is 0.289. The molecule has 0 fully saturated rings. The maximum atomic E-state index is 11.9. The Labute approximate surface area is 126 Å². The van der Waals surface area contributed by atoms with Gasteiger partial charge in [0.1, 0.15) is 4.34 Å². The fourth-order valence-electron chi connectivity index (χ4n) is 1.53. The van der Waals surface area contributed by atoms with Gasteiger partial charge in [-0.1, -0.05) is 40.6 Å². The van der Waals surface area contributed by atoms with E-state index in [1.165, 1.54) is 12.1 Å². The quantitative estimate of drug-likeness (QED) is 0.851. The van der Waals surface area contributed by atoms with Crippen LogP contribution < -0.4 is 5.73 Å². The van der Waals surface area contributed by atoms with Gasteiger partial charge in [0.25, 0.3) is 10.1 Å². The van der Waals surface area contributed by atoms with Gasteiger partial charge in [-0.15, -0.1) is 0 Å². The minimum atomic E-state index is -3.75. The van der Waals surface area contributed by atoms with Crippen LogP contribution in [0.25, 0.3) is 0 Å². The molecule has 0 bridgehead atoms. The molecule has 0 saturated heterocycles. The van der Waals surface area contributed by atoms with Crippen molar-refractivity contribution in [3.8, 4) is 0 Å². The minimum Gasteiger partial charge on any atom is -0.375 e. The first-order chi connectivity index (χ1) is 9.38. The highest BCUT2D eigenvalue weighted by Gasteiger charge is 2.15. The van der Waals surface area contributed by atoms with Gasteiger partial charge < -0.3 is 5.73 Å². The molecule has 0 unspecified atom stereocenters. The van der Waals surface area contributed by atoms with Crippen LogP contribution in [0.15, 0.2) is 29.2 Å². The number of rotatable bonds is 5. The van der Waals surface area contributed by atoms with E-state index in [2.05, 4.69) is 4.98 Å². The van der Waals surface area contributed by atoms with Crippen LogP contribution >= 0.6 is 22.9 Å². The largest absolute Gasteiger partial charge is 0.375 e. The van der Waals surface area contributed by atoms with Crippen molar-refractivity contribution in [2.24, 2.45) is 0 Å². The summed E-state index contributed by atoms with van der Waals surface area (Å²) in [5.41, 5.74) is 7.04. The number of thiazole rings is 1. The molecule has 1 aromatic heterocycles. The second kappa shape index (κ2) is 6.09. The van der Waals surface area contributed by atoms with Crippen LogP contribution in [0.1, 0.15) is 11.3 Å². The van der Waals surface area contributed by atoms with Crippen molar-refractivity contribution >= 4 is 38.2 Å². The second-order valence-corrected chi connectivity index (χ2v) is 7.36. The smallest absolute Gasteiger partial charge is 0.296 e. The maximum Gasteiger partial charge on any atom is 0.296 e. The lowest BCUT2D eigenvalue weighted by molar-refractivity contribution is 0.321. The molecule has 2 rings (SSSR count). The molecule has 8 heteroatoms. The number of anilines is 1. The number of hydrogen-bond acceptors (Lipinski definition) is 6. The average molecular weight is 333 g/mol. The third-order valence-corrected chi connectivity index (χ3v) is 5.04. The highest BCUT2D eigenvalue weighted by Crippen LogP contribution is 2.26. The van der Waals surface area contributed by atoms with Gasteiger partial charge in [0.15, 0.2) is 5.13 Å². The summed E-state index contributed by atoms with van der Waals surface area (Å²) >= 11 is 7.05. The van der Waals surface area contributed by atoms with E-state index in [0.29, 0.717) is 15.2 Å². The predicted octanol–water partition coefficient (Wildman–Crippen LogP) is 2.64. The van der Waals surface area contributed by atoms with Crippen LogP contribution in [0, 0.1) is 6.92 Å². The van der Waals surface area contributed by atoms with Gasteiger partial charge in [-0.25, -0.2) is 4.98 Å². The third kappa shape index (κ3) is 3.69. The Balaban J connectivity index is 1.99. The molecule has 2 N–H and O–H groups in total. The van der Waals surface area contributed by atoms with Crippen molar-refractivity contribution in [2.75, 3.05) is 12.3 Å². The fraction of sp³-hybridized carbons (Fsp3) is 0.250. The first kappa shape index (κ1) is 15.2. The molecular formula is C12H13ClN2O3S2. The summed E-state index contributed by atoms with van der Waals surface area (Å²) in [5.74, 6) is 0. The Morgan fingerprint density at radius 1 is 1.35 bits per heavy atom. The van der Waals surface area contributed by atoms with Gasteiger partial charge in [0.2, 0.25) is 0 Å². The SMILES string of the molecule is Cc1ccc(S(=O)(=O)OCCc2nc(N)sc2Cl)cc1. The zero-order chi connectivity index (χ0) is 14.8. The summed E-state index contributed by atoms with van der Waals surface area (Å²) in [4.78, 5) is 4.14. The van der Waals surface area contributed by atoms with Crippen LogP contribution in [0.4, 0.5) is 5.13 Å². The number of nitrogen functional groups attached to an aromatic ring is 1. The molecule has 0 saturated carbocycles. The molecule has 20 heavy (non-hydrogen) atoms. The zero-order valence-corrected chi connectivity index (χ0v) is 13.1. The molecule has 0 atom stereocenters. The molecule has 0 radical (unpaired) electrons. The summed E-state index contributed by atoms with van der Waals surface area (Å²) in [5, 5.41) is 0.353. The van der Waals surface area contributed by atoms with Crippen molar-refractivity contribution in [3.05, 3.63) is 39.9 Å². The van der Waals surface area contributed by atoms with E-state index in [9.17, 15) is 8.42 Å². The molecule has 0 spiro atoms. The summed E-state index contributed by atoms with van der Waals surface area (Å²) in [6, 6.07) is 6.46. The van der Waals surface area contributed by atoms with E-state index in [1.54, 1.807) is 12.1 Å². The van der Waals surface area contributed by atoms with Gasteiger partial charge in [0, 0.05) is 6.42 Å². The Morgan fingerprint density at radius 2 is 2.00 bits per heavy atom. The molecule has 0 amide bonds. The number of benzene rings is 1. The molecule has 1 heterocycles. The Bertz CT molecular complexity index is 696. The predicted molar refractivity (Wildman–Crippen MR) is 79.6 cm³/mol. The zero-order valence-electron chi connectivity index (χ0n) is 10.7. The summed E-state index contributed by atoms with van der Waals surface area (Å²) in [7, 11) is -3.75. The van der Waals surface area contributed by atoms with Crippen LogP contribution in [0.3, 0.4) is 0 Å². The Hall–Kier alpha value is -1.15. The normalized spacial score (nSPS) is 11.7. The molecule has 1 aromatic carbocycles. The van der Waals surface area contributed by atoms with Crippen LogP contribution in [0.5, 0.6) is 0 Å². The van der Waals surface area contributed by atoms with Gasteiger partial charge in [-0.3, -0.25) is 4.18 Å². The first-order valence-electron chi connectivity index (χ1n) is 5.75. The van der Waals surface area contributed by atoms with E-state index < -0.39 is 10.1 Å². The van der Waals surface area contributed by atoms with Crippen LogP contribution in [0.2, 0.25) is 4.34 Å². The average Bonchev–Trinajstić information content (AvgIpc) is 2.68. The fourth-order valence-corrected chi connectivity index (χ4v) is 3.41. The number of hydrogen-bond donors (Lipinski definition) is 1. The molecule has 108 valence electrons. The molecule has 0 aliphatic heterocycles. The summed E-state index contributed by atoms with van der Waals surface area (Å²) in [6.45, 7) is 1.85. The van der Waals surface area contributed by atoms with E-state index in [-0.39, 0.29) is 17.9 Å². The maximum absolute atomic E-state index is 11.9. The molecular weight excluding hydrogens is 320 g/mol. The monoisotopic (exact) mass is 332 g/mol. The number of aryl methyl sites for hydroxylation is 1. The van der Waals surface area contributed by atoms with Crippen LogP contribution in [-0.2, 0) is 20.7 Å². The van der Waals surface area contributed by atoms with E-state index in [0.717, 1.165) is 16.9 Å². The van der Waals surface area contributed by atoms with Crippen molar-refractivity contribution < 1.29 is 12.6 Å². The highest BCUT2D eigenvalue weighted by atomic mass is 35.5. The second-order valence-electron chi connectivity index (χ2n) is 4.11. The van der Waals surface area contributed by atoms with E-state index >= 15 is 0 Å². The Morgan fingerprint density at radius 3 is 2.55 bits per heavy atom. The number of aromatic nitrogens is 1. The number of halogens is 1. The van der Waals surface area contributed by atoms with Crippen molar-refractivity contribution in [1.29, 1.82) is 0 Å². The lowest BCUT2D eigenvalue weighted by atomic mass is 10.2. The minimum absolute atomic E-state index is 0.0287. The Kier molecular flexibility index (Phi) is 4.64. The number of nitrogens with two attached hydrogens (primary N) is 1. The first-order valence-corrected chi connectivity index (χ1v) is 8.35. The van der Waals surface area contributed by atoms with Crippen molar-refractivity contribution in [2.45, 2.75) is 18.2 Å². The third-order valence-electron chi connectivity index (χ3n) is 2.55. The van der Waals surface area contributed by atoms with E-state index in [1.807, 2.05) is 6.92 Å². The highest BCUT2D eigenvalue weighted by molar-refractivity contribution is 7.86. The van der Waals surface area contributed by atoms with Gasteiger partial charge >= 0.3 is 0 Å². The lowest BCUT2D eigenvalue weighted by Crippen LogP contribution is -2.09. The standard InChI is InChI=1S/C12H13ClN2O3S2/c1-8-2-4-9(5-3-8)20(16,17)18-7-6-10-11(13)19-12(14)15-10/h2-5H,6-7H2,1H3,(H2,14,15). The van der Waals surface area contributed by atoms with Gasteiger partial charge in [0.05, 0.1) is 17.2 Å². The molecule has 5 nitrogen and oxygen atoms in total. The van der Waals surface area contributed by atoms with Gasteiger partial charge in [-0.05, 0) is 19.1 Å².